The summed E-state index contributed by atoms with van der Waals surface area (Å²) in [5.41, 5.74) is 5.22. The van der Waals surface area contributed by atoms with Crippen LogP contribution in [-0.2, 0) is 26.2 Å². The Bertz CT molecular complexity index is 1440. The van der Waals surface area contributed by atoms with E-state index < -0.39 is 52.0 Å². The van der Waals surface area contributed by atoms with Gasteiger partial charge in [0.25, 0.3) is 5.91 Å². The van der Waals surface area contributed by atoms with Gasteiger partial charge in [0.05, 0.1) is 5.56 Å². The Balaban J connectivity index is 1.66. The lowest BCUT2D eigenvalue weighted by Gasteiger charge is -2.46. The smallest absolute Gasteiger partial charge is 0.255 e. The third-order valence-corrected chi connectivity index (χ3v) is 8.01. The number of amides is 1. The Kier molecular flexibility index (Phi) is 5.39. The lowest BCUT2D eigenvalue weighted by molar-refractivity contribution is -0.147. The van der Waals surface area contributed by atoms with Crippen molar-refractivity contribution in [2.45, 2.75) is 51.0 Å². The number of Topliss-reactive ketones (excluding diaryl/α,β-unsaturated/α-hetero) is 2. The fourth-order valence-electron chi connectivity index (χ4n) is 6.04. The fraction of sp³-hybridized carbons (Fsp3) is 0.345. The summed E-state index contributed by atoms with van der Waals surface area (Å²) in [6.45, 7) is 6.35. The molecule has 8 heteroatoms. The molecule has 0 saturated heterocycles. The van der Waals surface area contributed by atoms with Gasteiger partial charge in [-0.2, -0.15) is 0 Å². The number of carbonyl (C=O) groups excluding carboxylic acids is 3. The van der Waals surface area contributed by atoms with Gasteiger partial charge in [-0.15, -0.1) is 0 Å². The van der Waals surface area contributed by atoms with E-state index in [0.717, 1.165) is 16.7 Å². The number of benzene rings is 2. The van der Waals surface area contributed by atoms with Gasteiger partial charge >= 0.3 is 0 Å². The molecule has 0 aliphatic heterocycles. The van der Waals surface area contributed by atoms with E-state index in [1.165, 1.54) is 6.07 Å². The number of hydrogen-bond donors (Lipinski definition) is 5. The molecule has 1 saturated carbocycles. The lowest BCUT2D eigenvalue weighted by atomic mass is 9.59. The first-order chi connectivity index (χ1) is 17.3. The number of primary amides is 1. The van der Waals surface area contributed by atoms with E-state index in [0.29, 0.717) is 5.56 Å². The summed E-state index contributed by atoms with van der Waals surface area (Å²) in [7, 11) is 0. The third kappa shape index (κ3) is 3.50. The van der Waals surface area contributed by atoms with E-state index in [1.54, 1.807) is 6.07 Å². The molecule has 1 unspecified atom stereocenters. The predicted molar refractivity (Wildman–Crippen MR) is 136 cm³/mol. The van der Waals surface area contributed by atoms with Crippen LogP contribution >= 0.6 is 0 Å². The number of nitrogens with two attached hydrogens (primary N) is 1. The van der Waals surface area contributed by atoms with Crippen molar-refractivity contribution in [3.8, 4) is 16.9 Å². The molecule has 37 heavy (non-hydrogen) atoms. The minimum absolute atomic E-state index is 0.0338. The van der Waals surface area contributed by atoms with Crippen LogP contribution in [0.5, 0.6) is 5.75 Å². The number of aromatic hydroxyl groups is 1. The quantitative estimate of drug-likeness (QED) is 0.393. The van der Waals surface area contributed by atoms with E-state index in [-0.39, 0.29) is 41.6 Å². The molecule has 0 spiro atoms. The highest BCUT2D eigenvalue weighted by atomic mass is 16.3. The maximum atomic E-state index is 13.6. The normalized spacial score (nSPS) is 25.5. The van der Waals surface area contributed by atoms with Gasteiger partial charge in [-0.3, -0.25) is 14.4 Å². The lowest BCUT2D eigenvalue weighted by Crippen LogP contribution is -2.58. The summed E-state index contributed by atoms with van der Waals surface area (Å²) in [5.74, 6) is -6.34. The molecule has 2 aromatic carbocycles. The standard InChI is InChI=1S/C29H29NO7/c1-28(2,3)15-6-4-13(5-7-15)17-8-9-19(31)22-18(17)11-14-10-16-12-20(32)23(27(30)36)26(35)29(16,37)25(34)21(14)24(22)33/h4-9,14,16,31,33,35,37H,10-12H2,1-3H3,(H2,30,36)/t14?,16-,29-/m0/s1. The van der Waals surface area contributed by atoms with Crippen LogP contribution in [0.2, 0.25) is 0 Å². The fourth-order valence-corrected chi connectivity index (χ4v) is 6.04. The van der Waals surface area contributed by atoms with Crippen LogP contribution in [0.4, 0.5) is 0 Å². The van der Waals surface area contributed by atoms with E-state index in [1.807, 2.05) is 24.3 Å². The number of ketones is 2. The zero-order valence-electron chi connectivity index (χ0n) is 20.8. The Morgan fingerprint density at radius 2 is 1.65 bits per heavy atom. The van der Waals surface area contributed by atoms with Gasteiger partial charge in [0.2, 0.25) is 5.78 Å². The number of phenolic OH excluding ortho intramolecular Hbond substituents is 1. The van der Waals surface area contributed by atoms with Gasteiger partial charge in [0, 0.05) is 17.9 Å². The summed E-state index contributed by atoms with van der Waals surface area (Å²) < 4.78 is 0. The molecule has 8 nitrogen and oxygen atoms in total. The van der Waals surface area contributed by atoms with Gasteiger partial charge in [0.1, 0.15) is 22.8 Å². The summed E-state index contributed by atoms with van der Waals surface area (Å²) in [6.07, 6.45) is 0.0171. The van der Waals surface area contributed by atoms with E-state index in [9.17, 15) is 34.8 Å². The molecule has 0 bridgehead atoms. The van der Waals surface area contributed by atoms with E-state index in [4.69, 9.17) is 5.73 Å². The molecular weight excluding hydrogens is 474 g/mol. The first kappa shape index (κ1) is 24.8. The van der Waals surface area contributed by atoms with Crippen LogP contribution in [-0.4, -0.2) is 43.5 Å². The SMILES string of the molecule is CC(C)(C)c1ccc(-c2ccc(O)c3c2CC2C[C@H]4CC(=O)C(C(N)=O)=C(O)[C@@]4(O)C(=O)C2=C3O)cc1. The van der Waals surface area contributed by atoms with Crippen LogP contribution in [0.1, 0.15) is 50.3 Å². The third-order valence-electron chi connectivity index (χ3n) is 8.01. The second-order valence-electron chi connectivity index (χ2n) is 11.2. The number of carbonyl (C=O) groups is 3. The Morgan fingerprint density at radius 3 is 2.24 bits per heavy atom. The van der Waals surface area contributed by atoms with Crippen molar-refractivity contribution in [2.75, 3.05) is 0 Å². The molecule has 0 aromatic heterocycles. The van der Waals surface area contributed by atoms with Gasteiger partial charge in [-0.1, -0.05) is 51.1 Å². The minimum atomic E-state index is -2.56. The zero-order valence-corrected chi connectivity index (χ0v) is 20.8. The van der Waals surface area contributed by atoms with Crippen LogP contribution in [0.25, 0.3) is 16.9 Å². The first-order valence-electron chi connectivity index (χ1n) is 12.2. The number of fused-ring (bicyclic) bond motifs is 3. The van der Waals surface area contributed by atoms with Gasteiger partial charge in [-0.05, 0) is 52.5 Å². The highest BCUT2D eigenvalue weighted by Crippen LogP contribution is 2.53. The molecule has 2 aromatic rings. The van der Waals surface area contributed by atoms with Crippen molar-refractivity contribution in [1.29, 1.82) is 0 Å². The zero-order chi connectivity index (χ0) is 27.0. The maximum absolute atomic E-state index is 13.6. The Labute approximate surface area is 213 Å². The Hall–Kier alpha value is -3.91. The topological polar surface area (TPSA) is 158 Å². The van der Waals surface area contributed by atoms with E-state index in [2.05, 4.69) is 20.8 Å². The van der Waals surface area contributed by atoms with Gasteiger partial charge in [-0.25, -0.2) is 0 Å². The van der Waals surface area contributed by atoms with Crippen molar-refractivity contribution in [3.05, 3.63) is 70.0 Å². The average Bonchev–Trinajstić information content (AvgIpc) is 2.81. The number of aliphatic hydroxyl groups is 3. The largest absolute Gasteiger partial charge is 0.508 e. The number of aliphatic hydroxyl groups excluding tert-OH is 2. The highest BCUT2D eigenvalue weighted by molar-refractivity contribution is 6.22. The number of rotatable bonds is 2. The van der Waals surface area contributed by atoms with Crippen molar-refractivity contribution < 1.29 is 34.8 Å². The van der Waals surface area contributed by atoms with Gasteiger partial charge in [0.15, 0.2) is 11.4 Å². The van der Waals surface area contributed by atoms with Crippen molar-refractivity contribution in [2.24, 2.45) is 17.6 Å². The molecule has 0 heterocycles. The molecule has 6 N–H and O–H groups in total. The van der Waals surface area contributed by atoms with Crippen molar-refractivity contribution in [1.82, 2.24) is 0 Å². The molecule has 5 rings (SSSR count). The summed E-state index contributed by atoms with van der Waals surface area (Å²) >= 11 is 0. The second kappa shape index (κ2) is 8.05. The molecule has 0 radical (unpaired) electrons. The molecule has 3 aliphatic rings. The molecule has 3 aliphatic carbocycles. The van der Waals surface area contributed by atoms with Crippen LogP contribution in [0, 0.1) is 11.8 Å². The molecule has 1 fully saturated rings. The van der Waals surface area contributed by atoms with Crippen molar-refractivity contribution in [3.63, 3.8) is 0 Å². The Morgan fingerprint density at radius 1 is 1.00 bits per heavy atom. The summed E-state index contributed by atoms with van der Waals surface area (Å²) in [4.78, 5) is 37.9. The first-order valence-corrected chi connectivity index (χ1v) is 12.2. The summed E-state index contributed by atoms with van der Waals surface area (Å²) in [6, 6.07) is 11.2. The number of hydrogen-bond acceptors (Lipinski definition) is 7. The van der Waals surface area contributed by atoms with Crippen LogP contribution in [0.3, 0.4) is 0 Å². The van der Waals surface area contributed by atoms with Crippen molar-refractivity contribution >= 4 is 23.2 Å². The molecule has 1 amide bonds. The predicted octanol–water partition coefficient (Wildman–Crippen LogP) is 3.39. The van der Waals surface area contributed by atoms with Crippen LogP contribution in [0.15, 0.2) is 53.3 Å². The molecule has 3 atom stereocenters. The summed E-state index contributed by atoms with van der Waals surface area (Å²) in [5, 5.41) is 44.0. The molecule has 192 valence electrons. The van der Waals surface area contributed by atoms with Gasteiger partial charge < -0.3 is 26.2 Å². The average molecular weight is 504 g/mol. The molecular formula is C29H29NO7. The second-order valence-corrected chi connectivity index (χ2v) is 11.2. The monoisotopic (exact) mass is 503 g/mol. The highest BCUT2D eigenvalue weighted by Gasteiger charge is 2.60. The minimum Gasteiger partial charge on any atom is -0.508 e. The maximum Gasteiger partial charge on any atom is 0.255 e. The number of phenols is 1. The van der Waals surface area contributed by atoms with Crippen LogP contribution < -0.4 is 5.73 Å². The van der Waals surface area contributed by atoms with E-state index >= 15 is 0 Å².